The van der Waals surface area contributed by atoms with Gasteiger partial charge in [0.25, 0.3) is 5.91 Å². The number of nitrogens with zero attached hydrogens (tertiary/aromatic N) is 1. The Balaban J connectivity index is 1.91. The molecular weight excluding hydrogens is 306 g/mol. The maximum absolute atomic E-state index is 11.9. The van der Waals surface area contributed by atoms with E-state index in [1.54, 1.807) is 0 Å². The first-order valence-corrected chi connectivity index (χ1v) is 7.28. The second-order valence-electron chi connectivity index (χ2n) is 5.26. The Morgan fingerprint density at radius 1 is 1.41 bits per heavy atom. The molecule has 116 valence electrons. The van der Waals surface area contributed by atoms with Crippen LogP contribution < -0.4 is 11.1 Å². The van der Waals surface area contributed by atoms with Crippen molar-refractivity contribution in [3.8, 4) is 6.07 Å². The van der Waals surface area contributed by atoms with Crippen LogP contribution in [0.15, 0.2) is 18.2 Å². The van der Waals surface area contributed by atoms with E-state index in [1.807, 2.05) is 0 Å². The summed E-state index contributed by atoms with van der Waals surface area (Å²) < 4.78 is 4.93. The van der Waals surface area contributed by atoms with Gasteiger partial charge in [-0.25, -0.2) is 4.79 Å². The molecule has 0 unspecified atom stereocenters. The van der Waals surface area contributed by atoms with E-state index in [1.165, 1.54) is 18.2 Å². The standard InChI is InChI=1S/C15H16ClN3O3/c16-10-3-4-11(12(18)7-10)14(21)22-8-13(20)19-15(9-17)5-1-2-6-15/h3-4,7H,1-2,5-6,8,18H2,(H,19,20). The molecule has 0 radical (unpaired) electrons. The van der Waals surface area contributed by atoms with E-state index in [-0.39, 0.29) is 11.3 Å². The number of ether oxygens (including phenoxy) is 1. The number of nitrogens with one attached hydrogen (secondary N) is 1. The molecule has 0 atom stereocenters. The zero-order valence-corrected chi connectivity index (χ0v) is 12.7. The molecule has 2 rings (SSSR count). The van der Waals surface area contributed by atoms with Crippen molar-refractivity contribution in [3.05, 3.63) is 28.8 Å². The van der Waals surface area contributed by atoms with Crippen molar-refractivity contribution in [2.45, 2.75) is 31.2 Å². The van der Waals surface area contributed by atoms with Gasteiger partial charge in [-0.2, -0.15) is 5.26 Å². The SMILES string of the molecule is N#CC1(NC(=O)COC(=O)c2ccc(Cl)cc2N)CCCC1. The third-order valence-electron chi connectivity index (χ3n) is 3.62. The molecule has 0 heterocycles. The molecule has 0 aliphatic heterocycles. The summed E-state index contributed by atoms with van der Waals surface area (Å²) in [6.07, 6.45) is 3.03. The van der Waals surface area contributed by atoms with Crippen LogP contribution in [0.2, 0.25) is 5.02 Å². The molecule has 0 aromatic heterocycles. The first-order valence-electron chi connectivity index (χ1n) is 6.90. The predicted molar refractivity (Wildman–Crippen MR) is 81.1 cm³/mol. The maximum Gasteiger partial charge on any atom is 0.340 e. The fourth-order valence-electron chi connectivity index (χ4n) is 2.47. The van der Waals surface area contributed by atoms with Crippen LogP contribution in [-0.4, -0.2) is 24.0 Å². The van der Waals surface area contributed by atoms with Crippen molar-refractivity contribution < 1.29 is 14.3 Å². The second-order valence-corrected chi connectivity index (χ2v) is 5.69. The normalized spacial score (nSPS) is 15.8. The van der Waals surface area contributed by atoms with Gasteiger partial charge >= 0.3 is 5.97 Å². The number of hydrogen-bond donors (Lipinski definition) is 2. The van der Waals surface area contributed by atoms with Crippen LogP contribution in [0.25, 0.3) is 0 Å². The van der Waals surface area contributed by atoms with Crippen LogP contribution in [0.3, 0.4) is 0 Å². The fourth-order valence-corrected chi connectivity index (χ4v) is 2.66. The van der Waals surface area contributed by atoms with Gasteiger partial charge in [0, 0.05) is 10.7 Å². The van der Waals surface area contributed by atoms with Crippen LogP contribution >= 0.6 is 11.6 Å². The molecule has 1 aliphatic carbocycles. The Kier molecular flexibility index (Phi) is 4.88. The van der Waals surface area contributed by atoms with E-state index >= 15 is 0 Å². The van der Waals surface area contributed by atoms with Crippen molar-refractivity contribution in [1.29, 1.82) is 5.26 Å². The number of halogens is 1. The Bertz CT molecular complexity index is 633. The molecule has 0 bridgehead atoms. The first kappa shape index (κ1) is 16.1. The van der Waals surface area contributed by atoms with Gasteiger partial charge in [-0.1, -0.05) is 11.6 Å². The quantitative estimate of drug-likeness (QED) is 0.652. The molecule has 1 saturated carbocycles. The van der Waals surface area contributed by atoms with Crippen LogP contribution in [0.5, 0.6) is 0 Å². The zero-order valence-electron chi connectivity index (χ0n) is 11.9. The van der Waals surface area contributed by atoms with Crippen LogP contribution in [0.1, 0.15) is 36.0 Å². The Hall–Kier alpha value is -2.26. The lowest BCUT2D eigenvalue weighted by Gasteiger charge is -2.21. The lowest BCUT2D eigenvalue weighted by atomic mass is 10.00. The summed E-state index contributed by atoms with van der Waals surface area (Å²) in [5.41, 5.74) is 5.17. The summed E-state index contributed by atoms with van der Waals surface area (Å²) in [7, 11) is 0. The summed E-state index contributed by atoms with van der Waals surface area (Å²) in [6, 6.07) is 6.52. The predicted octanol–water partition coefficient (Wildman–Crippen LogP) is 2.03. The van der Waals surface area contributed by atoms with Gasteiger partial charge < -0.3 is 15.8 Å². The number of esters is 1. The minimum absolute atomic E-state index is 0.146. The van der Waals surface area contributed by atoms with Gasteiger partial charge in [0.05, 0.1) is 11.6 Å². The molecule has 1 aliphatic rings. The number of hydrogen-bond acceptors (Lipinski definition) is 5. The maximum atomic E-state index is 11.9. The lowest BCUT2D eigenvalue weighted by molar-refractivity contribution is -0.125. The highest BCUT2D eigenvalue weighted by molar-refractivity contribution is 6.31. The molecule has 7 heteroatoms. The van der Waals surface area contributed by atoms with Crippen molar-refractivity contribution in [1.82, 2.24) is 5.32 Å². The zero-order chi connectivity index (χ0) is 16.2. The number of carbonyl (C=O) groups is 2. The third-order valence-corrected chi connectivity index (χ3v) is 3.85. The number of benzene rings is 1. The largest absolute Gasteiger partial charge is 0.452 e. The number of nitrogens with two attached hydrogens (primary N) is 1. The van der Waals surface area contributed by atoms with E-state index in [0.29, 0.717) is 17.9 Å². The average Bonchev–Trinajstić information content (AvgIpc) is 2.94. The summed E-state index contributed by atoms with van der Waals surface area (Å²) in [4.78, 5) is 23.7. The molecular formula is C15H16ClN3O3. The highest BCUT2D eigenvalue weighted by Crippen LogP contribution is 2.28. The molecule has 3 N–H and O–H groups in total. The van der Waals surface area contributed by atoms with Gasteiger partial charge in [-0.3, -0.25) is 4.79 Å². The van der Waals surface area contributed by atoms with Gasteiger partial charge in [0.2, 0.25) is 0 Å². The summed E-state index contributed by atoms with van der Waals surface area (Å²) in [5.74, 6) is -1.20. The lowest BCUT2D eigenvalue weighted by Crippen LogP contribution is -2.46. The topological polar surface area (TPSA) is 105 Å². The smallest absolute Gasteiger partial charge is 0.340 e. The highest BCUT2D eigenvalue weighted by atomic mass is 35.5. The van der Waals surface area contributed by atoms with Gasteiger partial charge in [0.1, 0.15) is 5.54 Å². The van der Waals surface area contributed by atoms with Gasteiger partial charge in [-0.15, -0.1) is 0 Å². The fraction of sp³-hybridized carbons (Fsp3) is 0.400. The average molecular weight is 322 g/mol. The molecule has 1 aromatic carbocycles. The van der Waals surface area contributed by atoms with Gasteiger partial charge in [0.15, 0.2) is 6.61 Å². The van der Waals surface area contributed by atoms with E-state index in [4.69, 9.17) is 22.1 Å². The monoisotopic (exact) mass is 321 g/mol. The summed E-state index contributed by atoms with van der Waals surface area (Å²) in [6.45, 7) is -0.454. The van der Waals surface area contributed by atoms with Gasteiger partial charge in [-0.05, 0) is 43.9 Å². The van der Waals surface area contributed by atoms with Crippen molar-refractivity contribution in [2.24, 2.45) is 0 Å². The minimum Gasteiger partial charge on any atom is -0.452 e. The molecule has 1 fully saturated rings. The van der Waals surface area contributed by atoms with E-state index in [9.17, 15) is 14.9 Å². The first-order chi connectivity index (χ1) is 10.5. The van der Waals surface area contributed by atoms with Crippen LogP contribution in [0, 0.1) is 11.3 Å². The molecule has 22 heavy (non-hydrogen) atoms. The van der Waals surface area contributed by atoms with E-state index < -0.39 is 24.0 Å². The Labute approximate surface area is 133 Å². The minimum atomic E-state index is -0.831. The number of amides is 1. The van der Waals surface area contributed by atoms with E-state index in [0.717, 1.165) is 12.8 Å². The van der Waals surface area contributed by atoms with Crippen LogP contribution in [-0.2, 0) is 9.53 Å². The number of nitriles is 1. The number of rotatable bonds is 4. The highest BCUT2D eigenvalue weighted by Gasteiger charge is 2.35. The summed E-state index contributed by atoms with van der Waals surface area (Å²) in [5, 5.41) is 12.2. The second kappa shape index (κ2) is 6.67. The molecule has 6 nitrogen and oxygen atoms in total. The molecule has 0 saturated heterocycles. The summed E-state index contributed by atoms with van der Waals surface area (Å²) >= 11 is 5.75. The van der Waals surface area contributed by atoms with Crippen molar-refractivity contribution in [3.63, 3.8) is 0 Å². The molecule has 1 amide bonds. The number of nitrogen functional groups attached to an aromatic ring is 1. The third kappa shape index (κ3) is 3.68. The Morgan fingerprint density at radius 3 is 2.68 bits per heavy atom. The number of anilines is 1. The van der Waals surface area contributed by atoms with Crippen molar-refractivity contribution in [2.75, 3.05) is 12.3 Å². The van der Waals surface area contributed by atoms with E-state index in [2.05, 4.69) is 11.4 Å². The van der Waals surface area contributed by atoms with Crippen LogP contribution in [0.4, 0.5) is 5.69 Å². The van der Waals surface area contributed by atoms with Crippen molar-refractivity contribution >= 4 is 29.2 Å². The molecule has 1 aromatic rings. The number of carbonyl (C=O) groups excluding carboxylic acids is 2. The Morgan fingerprint density at radius 2 is 2.09 bits per heavy atom. The molecule has 0 spiro atoms.